The summed E-state index contributed by atoms with van der Waals surface area (Å²) in [6, 6.07) is 6.97. The Labute approximate surface area is 217 Å². The number of hydrogen-bond donors (Lipinski definition) is 2. The highest BCUT2D eigenvalue weighted by molar-refractivity contribution is 8.23. The van der Waals surface area contributed by atoms with Crippen molar-refractivity contribution in [3.05, 3.63) is 46.1 Å². The number of halogens is 1. The molecule has 3 atom stereocenters. The largest absolute Gasteiger partial charge is 0.477 e. The van der Waals surface area contributed by atoms with Crippen LogP contribution in [-0.2, 0) is 14.4 Å². The van der Waals surface area contributed by atoms with E-state index in [1.807, 2.05) is 0 Å². The highest BCUT2D eigenvalue weighted by atomic mass is 35.5. The minimum Gasteiger partial charge on any atom is -0.477 e. The molecule has 0 spiro atoms. The average molecular weight is 541 g/mol. The fourth-order valence-electron chi connectivity index (χ4n) is 4.23. The number of amides is 2. The lowest BCUT2D eigenvalue weighted by atomic mass is 9.88. The Balaban J connectivity index is 1.59. The minimum atomic E-state index is -1.19. The number of carbonyl (C=O) groups excluding carboxylic acids is 2. The highest BCUT2D eigenvalue weighted by Gasteiger charge is 2.56. The molecule has 3 aliphatic heterocycles. The fourth-order valence-corrected chi connectivity index (χ4v) is 7.40. The molecule has 1 aromatic carbocycles. The second kappa shape index (κ2) is 10.4. The van der Waals surface area contributed by atoms with Crippen LogP contribution in [0.25, 0.3) is 0 Å². The van der Waals surface area contributed by atoms with E-state index in [-0.39, 0.29) is 23.3 Å². The van der Waals surface area contributed by atoms with Crippen molar-refractivity contribution >= 4 is 69.4 Å². The second-order valence-electron chi connectivity index (χ2n) is 8.37. The number of aliphatic carboxylic acids is 1. The van der Waals surface area contributed by atoms with Crippen LogP contribution in [0.2, 0.25) is 5.02 Å². The number of fused-ring (bicyclic) bond motifs is 1. The van der Waals surface area contributed by atoms with E-state index in [9.17, 15) is 19.5 Å². The third-order valence-electron chi connectivity index (χ3n) is 6.06. The molecule has 2 fully saturated rings. The predicted molar refractivity (Wildman–Crippen MR) is 139 cm³/mol. The lowest BCUT2D eigenvalue weighted by molar-refractivity contribution is -0.148. The monoisotopic (exact) mass is 540 g/mol. The number of nitrogens with zero attached hydrogens (tertiary/aromatic N) is 3. The summed E-state index contributed by atoms with van der Waals surface area (Å²) in [5.41, 5.74) is 1.18. The Morgan fingerprint density at radius 1 is 1.24 bits per heavy atom. The molecule has 2 saturated heterocycles. The number of rotatable bonds is 5. The highest BCUT2D eigenvalue weighted by Crippen LogP contribution is 2.51. The Morgan fingerprint density at radius 3 is 2.47 bits per heavy atom. The molecule has 0 saturated carbocycles. The van der Waals surface area contributed by atoms with Gasteiger partial charge in [-0.2, -0.15) is 0 Å². The normalized spacial score (nSPS) is 25.0. The van der Waals surface area contributed by atoms with Gasteiger partial charge in [0.2, 0.25) is 11.8 Å². The summed E-state index contributed by atoms with van der Waals surface area (Å²) >= 11 is 14.3. The summed E-state index contributed by atoms with van der Waals surface area (Å²) in [5.74, 6) is -1.97. The number of hydrogen-bond acceptors (Lipinski definition) is 7. The fraction of sp³-hybridized carbons (Fsp3) is 0.455. The SMILES string of the molecule is CC(=O)NC1S[C@@H]2C(c3ccc(Cl)cc3)C(=O)N2C(C(=O)O)=C1CSC(=S)N1CCN(C)CC1. The molecule has 8 nitrogen and oxygen atoms in total. The molecule has 0 radical (unpaired) electrons. The van der Waals surface area contributed by atoms with Gasteiger partial charge in [-0.1, -0.05) is 47.7 Å². The van der Waals surface area contributed by atoms with Crippen molar-refractivity contribution in [2.45, 2.75) is 23.6 Å². The van der Waals surface area contributed by atoms with Gasteiger partial charge in [-0.15, -0.1) is 11.8 Å². The Kier molecular flexibility index (Phi) is 7.78. The van der Waals surface area contributed by atoms with Crippen LogP contribution in [0, 0.1) is 0 Å². The van der Waals surface area contributed by atoms with E-state index in [0.29, 0.717) is 14.9 Å². The van der Waals surface area contributed by atoms with E-state index < -0.39 is 22.6 Å². The van der Waals surface area contributed by atoms with E-state index in [1.54, 1.807) is 24.3 Å². The summed E-state index contributed by atoms with van der Waals surface area (Å²) in [6.45, 7) is 4.84. The first-order valence-electron chi connectivity index (χ1n) is 10.7. The topological polar surface area (TPSA) is 93.2 Å². The first-order chi connectivity index (χ1) is 16.2. The number of carbonyl (C=O) groups is 3. The van der Waals surface area contributed by atoms with E-state index in [1.165, 1.54) is 35.3 Å². The number of benzene rings is 1. The van der Waals surface area contributed by atoms with Crippen LogP contribution in [0.1, 0.15) is 18.4 Å². The first-order valence-corrected chi connectivity index (χ1v) is 13.5. The standard InChI is InChI=1S/C22H25ClN4O4S3/c1-12(28)24-18-15(11-33-22(32)26-9-7-25(2)8-10-26)17(21(30)31)27-19(29)16(20(27)34-18)13-3-5-14(23)6-4-13/h3-6,16,18,20H,7-11H2,1-2H3,(H,24,28)(H,30,31)/t16?,18?,20-/m1/s1. The summed E-state index contributed by atoms with van der Waals surface area (Å²) in [4.78, 5) is 43.1. The summed E-state index contributed by atoms with van der Waals surface area (Å²) in [7, 11) is 2.06. The number of β-lactam (4-membered cyclic amide) rings is 1. The van der Waals surface area contributed by atoms with Crippen LogP contribution < -0.4 is 5.32 Å². The van der Waals surface area contributed by atoms with Crippen molar-refractivity contribution in [3.63, 3.8) is 0 Å². The molecular weight excluding hydrogens is 516 g/mol. The zero-order valence-corrected chi connectivity index (χ0v) is 21.9. The number of nitrogens with one attached hydrogen (secondary N) is 1. The molecule has 0 aromatic heterocycles. The van der Waals surface area contributed by atoms with E-state index >= 15 is 0 Å². The van der Waals surface area contributed by atoms with Gasteiger partial charge in [0.25, 0.3) is 0 Å². The summed E-state index contributed by atoms with van der Waals surface area (Å²) < 4.78 is 0.688. The molecule has 3 heterocycles. The van der Waals surface area contributed by atoms with Gasteiger partial charge >= 0.3 is 5.97 Å². The molecule has 0 aliphatic carbocycles. The molecule has 0 bridgehead atoms. The quantitative estimate of drug-likeness (QED) is 0.431. The molecule has 2 unspecified atom stereocenters. The van der Waals surface area contributed by atoms with Gasteiger partial charge in [-0.25, -0.2) is 4.79 Å². The number of thioether (sulfide) groups is 2. The predicted octanol–water partition coefficient (Wildman–Crippen LogP) is 2.41. The smallest absolute Gasteiger partial charge is 0.352 e. The van der Waals surface area contributed by atoms with Crippen LogP contribution in [0.5, 0.6) is 0 Å². The zero-order valence-electron chi connectivity index (χ0n) is 18.7. The number of carboxylic acid groups (broad SMARTS) is 1. The average Bonchev–Trinajstić information content (AvgIpc) is 2.78. The van der Waals surface area contributed by atoms with Crippen molar-refractivity contribution in [1.82, 2.24) is 20.0 Å². The molecule has 4 rings (SSSR count). The second-order valence-corrected chi connectivity index (χ2v) is 11.6. The van der Waals surface area contributed by atoms with Crippen molar-refractivity contribution in [1.29, 1.82) is 0 Å². The summed E-state index contributed by atoms with van der Waals surface area (Å²) in [5, 5.41) is 12.5. The number of thiocarbonyl (C=S) groups is 1. The van der Waals surface area contributed by atoms with Gasteiger partial charge in [0.15, 0.2) is 0 Å². The van der Waals surface area contributed by atoms with Crippen LogP contribution in [0.4, 0.5) is 0 Å². The number of piperazine rings is 1. The molecule has 2 amide bonds. The minimum absolute atomic E-state index is 0.0635. The van der Waals surface area contributed by atoms with Gasteiger partial charge < -0.3 is 20.2 Å². The van der Waals surface area contributed by atoms with Crippen molar-refractivity contribution in [2.24, 2.45) is 0 Å². The molecular formula is C22H25ClN4O4S3. The van der Waals surface area contributed by atoms with Gasteiger partial charge in [0.1, 0.15) is 20.8 Å². The third kappa shape index (κ3) is 5.08. The maximum Gasteiger partial charge on any atom is 0.352 e. The summed E-state index contributed by atoms with van der Waals surface area (Å²) in [6.07, 6.45) is 0. The van der Waals surface area contributed by atoms with Gasteiger partial charge in [-0.3, -0.25) is 14.5 Å². The lowest BCUT2D eigenvalue weighted by Gasteiger charge is -2.51. The molecule has 34 heavy (non-hydrogen) atoms. The van der Waals surface area contributed by atoms with E-state index in [2.05, 4.69) is 22.2 Å². The molecule has 1 aromatic rings. The van der Waals surface area contributed by atoms with E-state index in [4.69, 9.17) is 23.8 Å². The van der Waals surface area contributed by atoms with Crippen LogP contribution in [0.15, 0.2) is 35.5 Å². The molecule has 12 heteroatoms. The number of likely N-dealkylation sites (N-methyl/N-ethyl adjacent to an activating group) is 1. The zero-order chi connectivity index (χ0) is 24.6. The van der Waals surface area contributed by atoms with Gasteiger partial charge in [0, 0.05) is 49.5 Å². The third-order valence-corrected chi connectivity index (χ3v) is 9.32. The Bertz CT molecular complexity index is 1040. The maximum atomic E-state index is 13.1. The van der Waals surface area contributed by atoms with Crippen molar-refractivity contribution in [3.8, 4) is 0 Å². The number of carboxylic acids is 1. The molecule has 2 N–H and O–H groups in total. The van der Waals surface area contributed by atoms with Crippen LogP contribution in [0.3, 0.4) is 0 Å². The van der Waals surface area contributed by atoms with Crippen molar-refractivity contribution in [2.75, 3.05) is 39.0 Å². The molecule has 182 valence electrons. The lowest BCUT2D eigenvalue weighted by Crippen LogP contribution is -2.62. The first kappa shape index (κ1) is 25.3. The van der Waals surface area contributed by atoms with Crippen LogP contribution in [-0.4, -0.2) is 91.6 Å². The Hall–Kier alpha value is -1.79. The molecule has 3 aliphatic rings. The maximum absolute atomic E-state index is 13.1. The Morgan fingerprint density at radius 2 is 1.88 bits per heavy atom. The van der Waals surface area contributed by atoms with Gasteiger partial charge in [0.05, 0.1) is 5.92 Å². The van der Waals surface area contributed by atoms with Crippen molar-refractivity contribution < 1.29 is 19.5 Å². The van der Waals surface area contributed by atoms with Gasteiger partial charge in [-0.05, 0) is 24.7 Å². The van der Waals surface area contributed by atoms with Crippen LogP contribution >= 0.6 is 47.3 Å². The van der Waals surface area contributed by atoms with E-state index in [0.717, 1.165) is 31.7 Å².